The number of unbranched alkanes of at least 4 members (excludes halogenated alkanes) is 4. The Kier molecular flexibility index (Phi) is 10.6. The lowest BCUT2D eigenvalue weighted by molar-refractivity contribution is 0.0374. The van der Waals surface area contributed by atoms with Crippen molar-refractivity contribution in [1.82, 2.24) is 10.2 Å². The van der Waals surface area contributed by atoms with E-state index in [-0.39, 0.29) is 0 Å². The standard InChI is InChI=1S/C21H36N2O2/c1-2-3-4-5-8-16-25-21-11-7-6-10-20(21)19-22-12-9-13-23-14-17-24-18-15-23/h6-7,10-11,22H,2-5,8-9,12-19H2,1H3. The first-order valence-corrected chi connectivity index (χ1v) is 10.1. The molecule has 25 heavy (non-hydrogen) atoms. The number of rotatable bonds is 13. The van der Waals surface area contributed by atoms with Crippen molar-refractivity contribution in [2.24, 2.45) is 0 Å². The average molecular weight is 349 g/mol. The molecule has 1 aromatic rings. The summed E-state index contributed by atoms with van der Waals surface area (Å²) in [6, 6.07) is 8.42. The SMILES string of the molecule is CCCCCCCOc1ccccc1CNCCCN1CCOCC1. The van der Waals surface area contributed by atoms with Crippen molar-refractivity contribution in [2.45, 2.75) is 52.0 Å². The predicted octanol–water partition coefficient (Wildman–Crippen LogP) is 3.85. The normalized spacial score (nSPS) is 15.4. The van der Waals surface area contributed by atoms with Gasteiger partial charge in [0.15, 0.2) is 0 Å². The molecule has 0 bridgehead atoms. The molecule has 4 heteroatoms. The summed E-state index contributed by atoms with van der Waals surface area (Å²) in [7, 11) is 0. The summed E-state index contributed by atoms with van der Waals surface area (Å²) in [5.74, 6) is 1.04. The second-order valence-electron chi connectivity index (χ2n) is 6.85. The zero-order valence-electron chi connectivity index (χ0n) is 16.0. The molecule has 1 heterocycles. The van der Waals surface area contributed by atoms with E-state index in [1.807, 2.05) is 0 Å². The van der Waals surface area contributed by atoms with Gasteiger partial charge in [0.25, 0.3) is 0 Å². The highest BCUT2D eigenvalue weighted by atomic mass is 16.5. The lowest BCUT2D eigenvalue weighted by Gasteiger charge is -2.26. The summed E-state index contributed by atoms with van der Waals surface area (Å²) in [5, 5.41) is 3.56. The van der Waals surface area contributed by atoms with E-state index < -0.39 is 0 Å². The summed E-state index contributed by atoms with van der Waals surface area (Å²) >= 11 is 0. The van der Waals surface area contributed by atoms with E-state index >= 15 is 0 Å². The molecular formula is C21H36N2O2. The zero-order valence-corrected chi connectivity index (χ0v) is 16.0. The number of para-hydroxylation sites is 1. The highest BCUT2D eigenvalue weighted by molar-refractivity contribution is 5.33. The van der Waals surface area contributed by atoms with Crippen LogP contribution in [-0.2, 0) is 11.3 Å². The molecular weight excluding hydrogens is 312 g/mol. The van der Waals surface area contributed by atoms with Gasteiger partial charge >= 0.3 is 0 Å². The number of morpholine rings is 1. The van der Waals surface area contributed by atoms with E-state index in [9.17, 15) is 0 Å². The van der Waals surface area contributed by atoms with Crippen LogP contribution in [0.4, 0.5) is 0 Å². The maximum absolute atomic E-state index is 6.01. The van der Waals surface area contributed by atoms with Crippen LogP contribution in [0.3, 0.4) is 0 Å². The molecule has 0 aromatic heterocycles. The number of ether oxygens (including phenoxy) is 2. The first-order valence-electron chi connectivity index (χ1n) is 10.1. The van der Waals surface area contributed by atoms with Crippen LogP contribution in [-0.4, -0.2) is 50.9 Å². The quantitative estimate of drug-likeness (QED) is 0.549. The van der Waals surface area contributed by atoms with Gasteiger partial charge in [-0.1, -0.05) is 50.8 Å². The minimum Gasteiger partial charge on any atom is -0.493 e. The van der Waals surface area contributed by atoms with E-state index in [2.05, 4.69) is 41.4 Å². The molecule has 1 N–H and O–H groups in total. The fourth-order valence-corrected chi connectivity index (χ4v) is 3.15. The van der Waals surface area contributed by atoms with Gasteiger partial charge < -0.3 is 14.8 Å². The maximum Gasteiger partial charge on any atom is 0.123 e. The molecule has 0 amide bonds. The third kappa shape index (κ3) is 8.70. The van der Waals surface area contributed by atoms with Crippen molar-refractivity contribution >= 4 is 0 Å². The second-order valence-corrected chi connectivity index (χ2v) is 6.85. The molecule has 0 aliphatic carbocycles. The largest absolute Gasteiger partial charge is 0.493 e. The third-order valence-corrected chi connectivity index (χ3v) is 4.73. The third-order valence-electron chi connectivity index (χ3n) is 4.73. The molecule has 0 spiro atoms. The Balaban J connectivity index is 1.59. The number of nitrogens with one attached hydrogen (secondary N) is 1. The lowest BCUT2D eigenvalue weighted by Crippen LogP contribution is -2.37. The summed E-state index contributed by atoms with van der Waals surface area (Å²) < 4.78 is 11.4. The Morgan fingerprint density at radius 2 is 1.84 bits per heavy atom. The summed E-state index contributed by atoms with van der Waals surface area (Å²) in [6.45, 7) is 10.1. The summed E-state index contributed by atoms with van der Waals surface area (Å²) in [5.41, 5.74) is 1.27. The van der Waals surface area contributed by atoms with Crippen LogP contribution < -0.4 is 10.1 Å². The van der Waals surface area contributed by atoms with Crippen molar-refractivity contribution in [3.8, 4) is 5.75 Å². The van der Waals surface area contributed by atoms with Crippen LogP contribution in [0.2, 0.25) is 0 Å². The molecule has 142 valence electrons. The minimum absolute atomic E-state index is 0.831. The Labute approximate surface area is 153 Å². The van der Waals surface area contributed by atoms with Crippen molar-refractivity contribution < 1.29 is 9.47 Å². The highest BCUT2D eigenvalue weighted by Gasteiger charge is 2.09. The van der Waals surface area contributed by atoms with Gasteiger partial charge in [-0.25, -0.2) is 0 Å². The number of hydrogen-bond acceptors (Lipinski definition) is 4. The van der Waals surface area contributed by atoms with Crippen molar-refractivity contribution in [3.63, 3.8) is 0 Å². The summed E-state index contributed by atoms with van der Waals surface area (Å²) in [6.07, 6.45) is 7.57. The highest BCUT2D eigenvalue weighted by Crippen LogP contribution is 2.18. The molecule has 1 saturated heterocycles. The average Bonchev–Trinajstić information content (AvgIpc) is 2.66. The molecule has 1 aromatic carbocycles. The zero-order chi connectivity index (χ0) is 17.6. The Bertz CT molecular complexity index is 447. The molecule has 0 atom stereocenters. The van der Waals surface area contributed by atoms with Gasteiger partial charge in [-0.2, -0.15) is 0 Å². The maximum atomic E-state index is 6.01. The first-order chi connectivity index (χ1) is 12.4. The van der Waals surface area contributed by atoms with Crippen molar-refractivity contribution in [2.75, 3.05) is 46.0 Å². The second kappa shape index (κ2) is 13.2. The molecule has 1 aliphatic rings. The van der Waals surface area contributed by atoms with Gasteiger partial charge in [0.1, 0.15) is 5.75 Å². The van der Waals surface area contributed by atoms with Crippen LogP contribution >= 0.6 is 0 Å². The van der Waals surface area contributed by atoms with Gasteiger partial charge in [-0.05, 0) is 32.0 Å². The van der Waals surface area contributed by atoms with Gasteiger partial charge in [-0.15, -0.1) is 0 Å². The lowest BCUT2D eigenvalue weighted by atomic mass is 10.1. The molecule has 2 rings (SSSR count). The first kappa shape index (κ1) is 20.2. The van der Waals surface area contributed by atoms with Crippen LogP contribution in [0.1, 0.15) is 51.0 Å². The van der Waals surface area contributed by atoms with E-state index in [0.717, 1.165) is 64.7 Å². The summed E-state index contributed by atoms with van der Waals surface area (Å²) in [4.78, 5) is 2.49. The number of benzene rings is 1. The molecule has 1 aliphatic heterocycles. The van der Waals surface area contributed by atoms with E-state index in [1.165, 1.54) is 37.7 Å². The monoisotopic (exact) mass is 348 g/mol. The van der Waals surface area contributed by atoms with E-state index in [0.29, 0.717) is 0 Å². The minimum atomic E-state index is 0.831. The topological polar surface area (TPSA) is 33.7 Å². The van der Waals surface area contributed by atoms with E-state index in [4.69, 9.17) is 9.47 Å². The Morgan fingerprint density at radius 1 is 1.04 bits per heavy atom. The fraction of sp³-hybridized carbons (Fsp3) is 0.714. The van der Waals surface area contributed by atoms with Crippen LogP contribution in [0, 0.1) is 0 Å². The molecule has 0 saturated carbocycles. The predicted molar refractivity (Wildman–Crippen MR) is 104 cm³/mol. The van der Waals surface area contributed by atoms with Crippen molar-refractivity contribution in [3.05, 3.63) is 29.8 Å². The van der Waals surface area contributed by atoms with Crippen molar-refractivity contribution in [1.29, 1.82) is 0 Å². The van der Waals surface area contributed by atoms with Crippen LogP contribution in [0.25, 0.3) is 0 Å². The Morgan fingerprint density at radius 3 is 2.68 bits per heavy atom. The van der Waals surface area contributed by atoms with Crippen LogP contribution in [0.5, 0.6) is 5.75 Å². The molecule has 1 fully saturated rings. The number of hydrogen-bond donors (Lipinski definition) is 1. The van der Waals surface area contributed by atoms with Gasteiger partial charge in [0.2, 0.25) is 0 Å². The molecule has 0 unspecified atom stereocenters. The fourth-order valence-electron chi connectivity index (χ4n) is 3.15. The van der Waals surface area contributed by atoms with E-state index in [1.54, 1.807) is 0 Å². The molecule has 4 nitrogen and oxygen atoms in total. The smallest absolute Gasteiger partial charge is 0.123 e. The van der Waals surface area contributed by atoms with Gasteiger partial charge in [0, 0.05) is 25.2 Å². The van der Waals surface area contributed by atoms with Crippen LogP contribution in [0.15, 0.2) is 24.3 Å². The Hall–Kier alpha value is -1.10. The number of nitrogens with zero attached hydrogens (tertiary/aromatic N) is 1. The van der Waals surface area contributed by atoms with Gasteiger partial charge in [0.05, 0.1) is 19.8 Å². The molecule has 0 radical (unpaired) electrons. The van der Waals surface area contributed by atoms with Gasteiger partial charge in [-0.3, -0.25) is 4.90 Å².